The molecule has 1 heterocycles. The molecule has 1 aromatic heterocycles. The second-order valence-corrected chi connectivity index (χ2v) is 5.23. The number of aryl methyl sites for hydroxylation is 3. The van der Waals surface area contributed by atoms with Crippen LogP contribution in [0.5, 0.6) is 5.75 Å². The Morgan fingerprint density at radius 1 is 1.10 bits per heavy atom. The average Bonchev–Trinajstić information content (AvgIpc) is 2.46. The van der Waals surface area contributed by atoms with Crippen molar-refractivity contribution in [2.45, 2.75) is 27.2 Å². The minimum Gasteiger partial charge on any atom is -0.496 e. The normalized spacial score (nSPS) is 10.7. The van der Waals surface area contributed by atoms with Crippen LogP contribution in [0.4, 0.5) is 0 Å². The molecular formula is C17H23N3O. The van der Waals surface area contributed by atoms with E-state index >= 15 is 0 Å². The van der Waals surface area contributed by atoms with Crippen LogP contribution in [-0.4, -0.2) is 30.7 Å². The van der Waals surface area contributed by atoms with E-state index in [1.165, 1.54) is 5.56 Å². The van der Waals surface area contributed by atoms with E-state index in [2.05, 4.69) is 35.2 Å². The van der Waals surface area contributed by atoms with Gasteiger partial charge in [-0.05, 0) is 70.1 Å². The lowest BCUT2D eigenvalue weighted by molar-refractivity contribution is 0.412. The second-order valence-electron chi connectivity index (χ2n) is 5.23. The fraction of sp³-hybridized carbons (Fsp3) is 0.412. The number of ether oxygens (including phenoxy) is 1. The van der Waals surface area contributed by atoms with Crippen LogP contribution in [0.1, 0.15) is 22.5 Å². The zero-order valence-electron chi connectivity index (χ0n) is 13.4. The summed E-state index contributed by atoms with van der Waals surface area (Å²) in [6.07, 6.45) is 0.954. The number of hydrogen-bond donors (Lipinski definition) is 1. The summed E-state index contributed by atoms with van der Waals surface area (Å²) in [5.41, 5.74) is 5.47. The highest BCUT2D eigenvalue weighted by Gasteiger charge is 2.10. The van der Waals surface area contributed by atoms with Crippen molar-refractivity contribution in [2.24, 2.45) is 0 Å². The molecule has 0 saturated carbocycles. The van der Waals surface area contributed by atoms with Crippen LogP contribution in [0.25, 0.3) is 11.4 Å². The molecule has 0 saturated heterocycles. The first-order valence-electron chi connectivity index (χ1n) is 7.20. The molecule has 1 N–H and O–H groups in total. The third kappa shape index (κ3) is 3.39. The first-order valence-corrected chi connectivity index (χ1v) is 7.20. The van der Waals surface area contributed by atoms with Gasteiger partial charge in [0.05, 0.1) is 7.11 Å². The monoisotopic (exact) mass is 285 g/mol. The number of aromatic nitrogens is 2. The Morgan fingerprint density at radius 2 is 1.76 bits per heavy atom. The van der Waals surface area contributed by atoms with Gasteiger partial charge in [0.1, 0.15) is 5.75 Å². The highest BCUT2D eigenvalue weighted by atomic mass is 16.5. The lowest BCUT2D eigenvalue weighted by Crippen LogP contribution is -2.13. The summed E-state index contributed by atoms with van der Waals surface area (Å²) < 4.78 is 5.30. The molecule has 4 heteroatoms. The molecule has 2 rings (SSSR count). The molecule has 0 bridgehead atoms. The Balaban J connectivity index is 2.39. The summed E-state index contributed by atoms with van der Waals surface area (Å²) >= 11 is 0. The van der Waals surface area contributed by atoms with Gasteiger partial charge in [0, 0.05) is 17.0 Å². The molecule has 0 aliphatic heterocycles. The number of methoxy groups -OCH3 is 1. The van der Waals surface area contributed by atoms with Gasteiger partial charge in [-0.2, -0.15) is 0 Å². The Hall–Kier alpha value is -1.94. The number of benzene rings is 1. The Morgan fingerprint density at radius 3 is 2.29 bits per heavy atom. The fourth-order valence-corrected chi connectivity index (χ4v) is 2.50. The van der Waals surface area contributed by atoms with Crippen LogP contribution in [0, 0.1) is 20.8 Å². The van der Waals surface area contributed by atoms with Gasteiger partial charge < -0.3 is 10.1 Å². The molecule has 112 valence electrons. The van der Waals surface area contributed by atoms with Crippen LogP contribution in [0.3, 0.4) is 0 Å². The van der Waals surface area contributed by atoms with E-state index in [1.807, 2.05) is 26.1 Å². The van der Waals surface area contributed by atoms with Crippen molar-refractivity contribution in [3.05, 3.63) is 40.7 Å². The maximum Gasteiger partial charge on any atom is 0.159 e. The van der Waals surface area contributed by atoms with E-state index in [0.717, 1.165) is 47.1 Å². The van der Waals surface area contributed by atoms with Gasteiger partial charge in [0.15, 0.2) is 5.82 Å². The van der Waals surface area contributed by atoms with Crippen molar-refractivity contribution >= 4 is 0 Å². The summed E-state index contributed by atoms with van der Waals surface area (Å²) in [5.74, 6) is 1.67. The summed E-state index contributed by atoms with van der Waals surface area (Å²) in [6, 6.07) is 6.04. The minimum absolute atomic E-state index is 0.781. The first-order chi connectivity index (χ1) is 10.1. The van der Waals surface area contributed by atoms with Crippen molar-refractivity contribution < 1.29 is 4.74 Å². The lowest BCUT2D eigenvalue weighted by Gasteiger charge is -2.12. The van der Waals surface area contributed by atoms with E-state index in [1.54, 1.807) is 7.11 Å². The van der Waals surface area contributed by atoms with E-state index in [-0.39, 0.29) is 0 Å². The fourth-order valence-electron chi connectivity index (χ4n) is 2.50. The zero-order chi connectivity index (χ0) is 15.4. The van der Waals surface area contributed by atoms with Gasteiger partial charge in [-0.15, -0.1) is 0 Å². The molecule has 1 aromatic carbocycles. The lowest BCUT2D eigenvalue weighted by atomic mass is 10.1. The molecule has 0 aliphatic carbocycles. The maximum atomic E-state index is 5.30. The van der Waals surface area contributed by atoms with Gasteiger partial charge in [-0.1, -0.05) is 0 Å². The van der Waals surface area contributed by atoms with Crippen molar-refractivity contribution in [1.82, 2.24) is 15.3 Å². The number of hydrogen-bond acceptors (Lipinski definition) is 4. The molecule has 0 atom stereocenters. The third-order valence-electron chi connectivity index (χ3n) is 3.70. The molecular weight excluding hydrogens is 262 g/mol. The summed E-state index contributed by atoms with van der Waals surface area (Å²) in [5, 5.41) is 3.17. The van der Waals surface area contributed by atoms with Gasteiger partial charge in [0.25, 0.3) is 0 Å². The first kappa shape index (κ1) is 15.4. The number of likely N-dealkylation sites (N-methyl/N-ethyl adjacent to an activating group) is 1. The van der Waals surface area contributed by atoms with Crippen molar-refractivity contribution in [1.29, 1.82) is 0 Å². The summed E-state index contributed by atoms with van der Waals surface area (Å²) in [7, 11) is 3.64. The van der Waals surface area contributed by atoms with E-state index in [9.17, 15) is 0 Å². The molecule has 0 spiro atoms. The molecule has 21 heavy (non-hydrogen) atoms. The summed E-state index contributed by atoms with van der Waals surface area (Å²) in [4.78, 5) is 9.35. The molecule has 0 fully saturated rings. The largest absolute Gasteiger partial charge is 0.496 e. The minimum atomic E-state index is 0.781. The SMILES string of the molecule is CNCCc1c(C)nc(-c2ccc(OC)c(C)c2)nc1C. The molecule has 2 aromatic rings. The van der Waals surface area contributed by atoms with Crippen LogP contribution in [-0.2, 0) is 6.42 Å². The highest BCUT2D eigenvalue weighted by molar-refractivity contribution is 5.59. The highest BCUT2D eigenvalue weighted by Crippen LogP contribution is 2.25. The smallest absolute Gasteiger partial charge is 0.159 e. The predicted octanol–water partition coefficient (Wildman–Crippen LogP) is 2.84. The number of nitrogens with zero attached hydrogens (tertiary/aromatic N) is 2. The number of rotatable bonds is 5. The molecule has 0 amide bonds. The van der Waals surface area contributed by atoms with Gasteiger partial charge in [0.2, 0.25) is 0 Å². The van der Waals surface area contributed by atoms with Gasteiger partial charge in [-0.3, -0.25) is 0 Å². The average molecular weight is 285 g/mol. The van der Waals surface area contributed by atoms with E-state index in [4.69, 9.17) is 4.74 Å². The maximum absolute atomic E-state index is 5.30. The van der Waals surface area contributed by atoms with Gasteiger partial charge in [-0.25, -0.2) is 9.97 Å². The topological polar surface area (TPSA) is 47.0 Å². The Bertz CT molecular complexity index is 615. The van der Waals surface area contributed by atoms with Crippen LogP contribution >= 0.6 is 0 Å². The zero-order valence-corrected chi connectivity index (χ0v) is 13.4. The van der Waals surface area contributed by atoms with Gasteiger partial charge >= 0.3 is 0 Å². The third-order valence-corrected chi connectivity index (χ3v) is 3.70. The van der Waals surface area contributed by atoms with Crippen LogP contribution in [0.2, 0.25) is 0 Å². The Kier molecular flexibility index (Phi) is 4.91. The molecule has 0 aliphatic rings. The van der Waals surface area contributed by atoms with Crippen molar-refractivity contribution in [2.75, 3.05) is 20.7 Å². The molecule has 4 nitrogen and oxygen atoms in total. The second kappa shape index (κ2) is 6.68. The van der Waals surface area contributed by atoms with Crippen molar-refractivity contribution in [3.63, 3.8) is 0 Å². The Labute approximate surface area is 126 Å². The van der Waals surface area contributed by atoms with Crippen molar-refractivity contribution in [3.8, 4) is 17.1 Å². The van der Waals surface area contributed by atoms with Crippen LogP contribution < -0.4 is 10.1 Å². The number of nitrogens with one attached hydrogen (secondary N) is 1. The molecule has 0 radical (unpaired) electrons. The van der Waals surface area contributed by atoms with Crippen LogP contribution in [0.15, 0.2) is 18.2 Å². The quantitative estimate of drug-likeness (QED) is 0.917. The van der Waals surface area contributed by atoms with E-state index < -0.39 is 0 Å². The molecule has 0 unspecified atom stereocenters. The standard InChI is InChI=1S/C17H23N3O/c1-11-10-14(6-7-16(11)21-5)17-19-12(2)15(8-9-18-4)13(3)20-17/h6-7,10,18H,8-9H2,1-5H3. The predicted molar refractivity (Wildman–Crippen MR) is 85.9 cm³/mol. The summed E-state index contributed by atoms with van der Waals surface area (Å²) in [6.45, 7) is 7.08. The van der Waals surface area contributed by atoms with E-state index in [0.29, 0.717) is 0 Å².